The zero-order valence-corrected chi connectivity index (χ0v) is 12.6. The summed E-state index contributed by atoms with van der Waals surface area (Å²) in [7, 11) is 0. The van der Waals surface area contributed by atoms with Gasteiger partial charge in [-0.2, -0.15) is 0 Å². The van der Waals surface area contributed by atoms with Gasteiger partial charge in [0.05, 0.1) is 0 Å². The van der Waals surface area contributed by atoms with Gasteiger partial charge in [-0.15, -0.1) is 0 Å². The standard InChI is InChI=1S/C17H23N3O/c1-13(21)19-15-7-10-20(11-8-15)9-6-14-12-18-17-5-3-2-4-16(14)17/h2-5,12,15,18H,6-11H2,1H3,(H,19,21). The second-order valence-corrected chi connectivity index (χ2v) is 5.93. The molecule has 1 aliphatic heterocycles. The largest absolute Gasteiger partial charge is 0.361 e. The first-order valence-corrected chi connectivity index (χ1v) is 7.77. The molecule has 0 spiro atoms. The van der Waals surface area contributed by atoms with Gasteiger partial charge < -0.3 is 15.2 Å². The SMILES string of the molecule is CC(=O)NC1CCN(CCc2c[nH]c3ccccc23)CC1. The molecule has 1 saturated heterocycles. The Bertz CT molecular complexity index is 611. The van der Waals surface area contributed by atoms with Crippen LogP contribution in [0.5, 0.6) is 0 Å². The van der Waals surface area contributed by atoms with Crippen molar-refractivity contribution >= 4 is 16.8 Å². The lowest BCUT2D eigenvalue weighted by atomic mass is 10.0. The van der Waals surface area contributed by atoms with Gasteiger partial charge in [-0.3, -0.25) is 4.79 Å². The van der Waals surface area contributed by atoms with Crippen LogP contribution in [0.3, 0.4) is 0 Å². The highest BCUT2D eigenvalue weighted by molar-refractivity contribution is 5.83. The first-order valence-electron chi connectivity index (χ1n) is 7.77. The van der Waals surface area contributed by atoms with E-state index in [0.717, 1.165) is 38.9 Å². The van der Waals surface area contributed by atoms with E-state index in [1.54, 1.807) is 6.92 Å². The van der Waals surface area contributed by atoms with E-state index in [9.17, 15) is 4.79 Å². The van der Waals surface area contributed by atoms with Crippen LogP contribution in [0.2, 0.25) is 0 Å². The number of aromatic nitrogens is 1. The van der Waals surface area contributed by atoms with Crippen molar-refractivity contribution < 1.29 is 4.79 Å². The number of hydrogen-bond acceptors (Lipinski definition) is 2. The van der Waals surface area contributed by atoms with Crippen molar-refractivity contribution in [2.45, 2.75) is 32.2 Å². The molecule has 1 fully saturated rings. The molecule has 21 heavy (non-hydrogen) atoms. The van der Waals surface area contributed by atoms with E-state index >= 15 is 0 Å². The number of carbonyl (C=O) groups excluding carboxylic acids is 1. The van der Waals surface area contributed by atoms with Crippen LogP contribution in [0.1, 0.15) is 25.3 Å². The molecule has 0 saturated carbocycles. The highest BCUT2D eigenvalue weighted by atomic mass is 16.1. The molecule has 2 aromatic rings. The number of para-hydroxylation sites is 1. The minimum atomic E-state index is 0.0900. The minimum Gasteiger partial charge on any atom is -0.361 e. The average Bonchev–Trinajstić information content (AvgIpc) is 2.89. The number of benzene rings is 1. The highest BCUT2D eigenvalue weighted by Gasteiger charge is 2.19. The number of rotatable bonds is 4. The predicted molar refractivity (Wildman–Crippen MR) is 85.3 cm³/mol. The molecule has 0 unspecified atom stereocenters. The van der Waals surface area contributed by atoms with Crippen molar-refractivity contribution in [2.75, 3.05) is 19.6 Å². The average molecular weight is 285 g/mol. The van der Waals surface area contributed by atoms with Gasteiger partial charge in [-0.05, 0) is 30.9 Å². The lowest BCUT2D eigenvalue weighted by Gasteiger charge is -2.32. The maximum atomic E-state index is 11.1. The Morgan fingerprint density at radius 1 is 1.33 bits per heavy atom. The lowest BCUT2D eigenvalue weighted by molar-refractivity contribution is -0.119. The van der Waals surface area contributed by atoms with E-state index in [0.29, 0.717) is 6.04 Å². The first-order chi connectivity index (χ1) is 10.2. The fraction of sp³-hybridized carbons (Fsp3) is 0.471. The fourth-order valence-corrected chi connectivity index (χ4v) is 3.21. The van der Waals surface area contributed by atoms with Crippen LogP contribution in [-0.4, -0.2) is 41.5 Å². The molecule has 0 atom stereocenters. The minimum absolute atomic E-state index is 0.0900. The normalized spacial score (nSPS) is 17.2. The van der Waals surface area contributed by atoms with Crippen molar-refractivity contribution in [1.82, 2.24) is 15.2 Å². The summed E-state index contributed by atoms with van der Waals surface area (Å²) in [5.41, 5.74) is 2.62. The van der Waals surface area contributed by atoms with E-state index in [-0.39, 0.29) is 5.91 Å². The number of likely N-dealkylation sites (tertiary alicyclic amines) is 1. The Morgan fingerprint density at radius 3 is 2.86 bits per heavy atom. The van der Waals surface area contributed by atoms with Gasteiger partial charge in [0.2, 0.25) is 5.91 Å². The van der Waals surface area contributed by atoms with Crippen molar-refractivity contribution in [2.24, 2.45) is 0 Å². The third kappa shape index (κ3) is 3.45. The Balaban J connectivity index is 1.51. The zero-order valence-electron chi connectivity index (χ0n) is 12.6. The molecule has 1 aromatic heterocycles. The quantitative estimate of drug-likeness (QED) is 0.905. The van der Waals surface area contributed by atoms with Crippen LogP contribution < -0.4 is 5.32 Å². The Hall–Kier alpha value is -1.81. The Morgan fingerprint density at radius 2 is 2.10 bits per heavy atom. The number of H-pyrrole nitrogens is 1. The van der Waals surface area contributed by atoms with Gasteiger partial charge in [0, 0.05) is 49.7 Å². The molecular formula is C17H23N3O. The maximum absolute atomic E-state index is 11.1. The maximum Gasteiger partial charge on any atom is 0.217 e. The third-order valence-corrected chi connectivity index (χ3v) is 4.37. The van der Waals surface area contributed by atoms with E-state index in [1.165, 1.54) is 16.5 Å². The topological polar surface area (TPSA) is 48.1 Å². The second-order valence-electron chi connectivity index (χ2n) is 5.93. The van der Waals surface area contributed by atoms with Crippen LogP contribution in [0.4, 0.5) is 0 Å². The lowest BCUT2D eigenvalue weighted by Crippen LogP contribution is -2.44. The molecule has 1 aromatic carbocycles. The van der Waals surface area contributed by atoms with Crippen molar-refractivity contribution in [3.63, 3.8) is 0 Å². The number of piperidine rings is 1. The van der Waals surface area contributed by atoms with Crippen molar-refractivity contribution in [3.8, 4) is 0 Å². The highest BCUT2D eigenvalue weighted by Crippen LogP contribution is 2.19. The molecule has 112 valence electrons. The number of hydrogen-bond donors (Lipinski definition) is 2. The monoisotopic (exact) mass is 285 g/mol. The summed E-state index contributed by atoms with van der Waals surface area (Å²) < 4.78 is 0. The molecule has 1 amide bonds. The number of fused-ring (bicyclic) bond motifs is 1. The van der Waals surface area contributed by atoms with E-state index in [2.05, 4.69) is 45.7 Å². The van der Waals surface area contributed by atoms with Gasteiger partial charge in [0.1, 0.15) is 0 Å². The third-order valence-electron chi connectivity index (χ3n) is 4.37. The number of aromatic amines is 1. The van der Waals surface area contributed by atoms with Gasteiger partial charge in [0.15, 0.2) is 0 Å². The summed E-state index contributed by atoms with van der Waals surface area (Å²) in [5.74, 6) is 0.0900. The summed E-state index contributed by atoms with van der Waals surface area (Å²) in [4.78, 5) is 16.9. The molecule has 1 aliphatic rings. The number of amides is 1. The van der Waals surface area contributed by atoms with Gasteiger partial charge >= 0.3 is 0 Å². The summed E-state index contributed by atoms with van der Waals surface area (Å²) in [6.45, 7) is 4.85. The fourth-order valence-electron chi connectivity index (χ4n) is 3.21. The molecule has 4 nitrogen and oxygen atoms in total. The van der Waals surface area contributed by atoms with Crippen molar-refractivity contribution in [3.05, 3.63) is 36.0 Å². The molecule has 2 N–H and O–H groups in total. The molecule has 0 aliphatic carbocycles. The second kappa shape index (κ2) is 6.31. The molecule has 0 bridgehead atoms. The van der Waals surface area contributed by atoms with Crippen LogP contribution in [0, 0.1) is 0 Å². The van der Waals surface area contributed by atoms with Crippen LogP contribution in [0.15, 0.2) is 30.5 Å². The molecule has 4 heteroatoms. The number of carbonyl (C=O) groups is 1. The Labute approximate surface area is 125 Å². The van der Waals surface area contributed by atoms with Crippen LogP contribution in [-0.2, 0) is 11.2 Å². The molecule has 2 heterocycles. The van der Waals surface area contributed by atoms with E-state index < -0.39 is 0 Å². The summed E-state index contributed by atoms with van der Waals surface area (Å²) in [5, 5.41) is 4.36. The van der Waals surface area contributed by atoms with Crippen LogP contribution >= 0.6 is 0 Å². The van der Waals surface area contributed by atoms with E-state index in [1.807, 2.05) is 0 Å². The first kappa shape index (κ1) is 14.1. The van der Waals surface area contributed by atoms with Gasteiger partial charge in [0.25, 0.3) is 0 Å². The van der Waals surface area contributed by atoms with E-state index in [4.69, 9.17) is 0 Å². The number of nitrogens with zero attached hydrogens (tertiary/aromatic N) is 1. The van der Waals surface area contributed by atoms with Crippen LogP contribution in [0.25, 0.3) is 10.9 Å². The summed E-state index contributed by atoms with van der Waals surface area (Å²) in [6.07, 6.45) is 5.34. The Kier molecular flexibility index (Phi) is 4.25. The predicted octanol–water partition coefficient (Wildman–Crippen LogP) is 2.31. The van der Waals surface area contributed by atoms with Gasteiger partial charge in [-0.25, -0.2) is 0 Å². The van der Waals surface area contributed by atoms with Crippen molar-refractivity contribution in [1.29, 1.82) is 0 Å². The molecular weight excluding hydrogens is 262 g/mol. The summed E-state index contributed by atoms with van der Waals surface area (Å²) in [6, 6.07) is 8.84. The smallest absolute Gasteiger partial charge is 0.217 e. The zero-order chi connectivity index (χ0) is 14.7. The summed E-state index contributed by atoms with van der Waals surface area (Å²) >= 11 is 0. The van der Waals surface area contributed by atoms with Gasteiger partial charge in [-0.1, -0.05) is 18.2 Å². The number of nitrogens with one attached hydrogen (secondary N) is 2. The molecule has 3 rings (SSSR count). The molecule has 0 radical (unpaired) electrons.